The Labute approximate surface area is 133 Å². The monoisotopic (exact) mass is 313 g/mol. The Kier molecular flexibility index (Phi) is 4.32. The van der Waals surface area contributed by atoms with Gasteiger partial charge in [0.05, 0.1) is 24.0 Å². The van der Waals surface area contributed by atoms with Crippen molar-refractivity contribution >= 4 is 21.9 Å². The minimum absolute atomic E-state index is 0.0544. The van der Waals surface area contributed by atoms with Crippen molar-refractivity contribution in [3.05, 3.63) is 52.2 Å². The predicted octanol–water partition coefficient (Wildman–Crippen LogP) is 2.43. The maximum Gasteiger partial charge on any atom is 0.200 e. The Morgan fingerprint density at radius 1 is 1.17 bits per heavy atom. The van der Waals surface area contributed by atoms with Gasteiger partial charge < -0.3 is 19.6 Å². The molecule has 5 heteroatoms. The molecule has 5 nitrogen and oxygen atoms in total. The molecule has 3 aromatic rings. The Balaban J connectivity index is 2.03. The van der Waals surface area contributed by atoms with Crippen LogP contribution in [0, 0.1) is 0 Å². The number of fused-ring (bicyclic) bond motifs is 2. The van der Waals surface area contributed by atoms with Gasteiger partial charge in [0.25, 0.3) is 0 Å². The zero-order chi connectivity index (χ0) is 16.4. The van der Waals surface area contributed by atoms with Crippen molar-refractivity contribution in [3.8, 4) is 5.75 Å². The van der Waals surface area contributed by atoms with Gasteiger partial charge in [-0.05, 0) is 36.8 Å². The first-order valence-electron chi connectivity index (χ1n) is 7.51. The highest BCUT2D eigenvalue weighted by molar-refractivity contribution is 5.90. The Morgan fingerprint density at radius 3 is 2.74 bits per heavy atom. The van der Waals surface area contributed by atoms with E-state index in [9.17, 15) is 9.90 Å². The molecule has 120 valence electrons. The number of nitrogens with one attached hydrogen (secondary N) is 1. The SMILES string of the molecule is COc1ccc2c(=O)c3cc(CNC[C@H](C)O)ccc3oc2c1. The van der Waals surface area contributed by atoms with Crippen LogP contribution in [0.3, 0.4) is 0 Å². The molecule has 1 atom stereocenters. The minimum atomic E-state index is -0.403. The van der Waals surface area contributed by atoms with Crippen molar-refractivity contribution in [2.24, 2.45) is 0 Å². The summed E-state index contributed by atoms with van der Waals surface area (Å²) in [7, 11) is 1.58. The van der Waals surface area contributed by atoms with Crippen molar-refractivity contribution < 1.29 is 14.3 Å². The summed E-state index contributed by atoms with van der Waals surface area (Å²) in [6.45, 7) is 2.81. The van der Waals surface area contributed by atoms with Crippen LogP contribution in [0.2, 0.25) is 0 Å². The number of aliphatic hydroxyl groups excluding tert-OH is 1. The van der Waals surface area contributed by atoms with E-state index in [0.29, 0.717) is 40.8 Å². The van der Waals surface area contributed by atoms with Crippen LogP contribution in [-0.2, 0) is 6.54 Å². The Morgan fingerprint density at radius 2 is 2.00 bits per heavy atom. The average molecular weight is 313 g/mol. The van der Waals surface area contributed by atoms with E-state index in [4.69, 9.17) is 9.15 Å². The van der Waals surface area contributed by atoms with Crippen molar-refractivity contribution in [2.45, 2.75) is 19.6 Å². The van der Waals surface area contributed by atoms with Gasteiger partial charge >= 0.3 is 0 Å². The number of rotatable bonds is 5. The number of hydrogen-bond donors (Lipinski definition) is 2. The summed E-state index contributed by atoms with van der Waals surface area (Å²) in [6.07, 6.45) is -0.403. The summed E-state index contributed by atoms with van der Waals surface area (Å²) in [4.78, 5) is 12.7. The summed E-state index contributed by atoms with van der Waals surface area (Å²) in [5, 5.41) is 13.5. The molecule has 0 aliphatic rings. The topological polar surface area (TPSA) is 71.7 Å². The molecule has 0 bridgehead atoms. The lowest BCUT2D eigenvalue weighted by Gasteiger charge is -2.08. The lowest BCUT2D eigenvalue weighted by molar-refractivity contribution is 0.191. The smallest absolute Gasteiger partial charge is 0.200 e. The highest BCUT2D eigenvalue weighted by Crippen LogP contribution is 2.23. The van der Waals surface area contributed by atoms with Crippen LogP contribution in [0.5, 0.6) is 5.75 Å². The normalized spacial score (nSPS) is 12.7. The zero-order valence-corrected chi connectivity index (χ0v) is 13.1. The molecular formula is C18H19NO4. The van der Waals surface area contributed by atoms with Crippen LogP contribution in [-0.4, -0.2) is 24.9 Å². The van der Waals surface area contributed by atoms with E-state index in [0.717, 1.165) is 5.56 Å². The van der Waals surface area contributed by atoms with E-state index in [1.807, 2.05) is 12.1 Å². The van der Waals surface area contributed by atoms with Gasteiger partial charge in [0.15, 0.2) is 0 Å². The molecule has 3 rings (SSSR count). The molecule has 23 heavy (non-hydrogen) atoms. The Hall–Kier alpha value is -2.37. The molecule has 0 radical (unpaired) electrons. The van der Waals surface area contributed by atoms with E-state index in [2.05, 4.69) is 5.32 Å². The molecule has 0 aliphatic carbocycles. The molecular weight excluding hydrogens is 294 g/mol. The van der Waals surface area contributed by atoms with Gasteiger partial charge in [-0.25, -0.2) is 0 Å². The van der Waals surface area contributed by atoms with Crippen LogP contribution in [0.25, 0.3) is 21.9 Å². The number of methoxy groups -OCH3 is 1. The van der Waals surface area contributed by atoms with Gasteiger partial charge in [0.2, 0.25) is 5.43 Å². The third kappa shape index (κ3) is 3.21. The fourth-order valence-electron chi connectivity index (χ4n) is 2.54. The second-order valence-electron chi connectivity index (χ2n) is 5.60. The third-order valence-electron chi connectivity index (χ3n) is 3.71. The van der Waals surface area contributed by atoms with Crippen LogP contribution in [0.4, 0.5) is 0 Å². The summed E-state index contributed by atoms with van der Waals surface area (Å²) < 4.78 is 11.0. The summed E-state index contributed by atoms with van der Waals surface area (Å²) in [5.41, 5.74) is 1.98. The van der Waals surface area contributed by atoms with Crippen molar-refractivity contribution in [3.63, 3.8) is 0 Å². The standard InChI is InChI=1S/C18H19NO4/c1-11(20)9-19-10-12-3-6-16-15(7-12)18(21)14-5-4-13(22-2)8-17(14)23-16/h3-8,11,19-20H,9-10H2,1-2H3/t11-/m0/s1. The Bertz CT molecular complexity index is 899. The van der Waals surface area contributed by atoms with E-state index in [1.54, 1.807) is 38.3 Å². The van der Waals surface area contributed by atoms with E-state index < -0.39 is 6.10 Å². The van der Waals surface area contributed by atoms with Crippen molar-refractivity contribution in [1.29, 1.82) is 0 Å². The van der Waals surface area contributed by atoms with Gasteiger partial charge in [0, 0.05) is 19.2 Å². The average Bonchev–Trinajstić information content (AvgIpc) is 2.54. The number of ether oxygens (including phenoxy) is 1. The van der Waals surface area contributed by atoms with E-state index >= 15 is 0 Å². The van der Waals surface area contributed by atoms with Gasteiger partial charge in [0.1, 0.15) is 16.9 Å². The van der Waals surface area contributed by atoms with Gasteiger partial charge in [-0.1, -0.05) is 6.07 Å². The molecule has 0 unspecified atom stereocenters. The number of aliphatic hydroxyl groups is 1. The van der Waals surface area contributed by atoms with Crippen LogP contribution in [0.1, 0.15) is 12.5 Å². The fourth-order valence-corrected chi connectivity index (χ4v) is 2.54. The van der Waals surface area contributed by atoms with Crippen molar-refractivity contribution in [1.82, 2.24) is 5.32 Å². The lowest BCUT2D eigenvalue weighted by atomic mass is 10.1. The fraction of sp³-hybridized carbons (Fsp3) is 0.278. The summed E-state index contributed by atoms with van der Waals surface area (Å²) in [5.74, 6) is 0.652. The zero-order valence-electron chi connectivity index (χ0n) is 13.1. The first-order chi connectivity index (χ1) is 11.1. The van der Waals surface area contributed by atoms with Crippen molar-refractivity contribution in [2.75, 3.05) is 13.7 Å². The minimum Gasteiger partial charge on any atom is -0.497 e. The lowest BCUT2D eigenvalue weighted by Crippen LogP contribution is -2.23. The van der Waals surface area contributed by atoms with Gasteiger partial charge in [-0.2, -0.15) is 0 Å². The van der Waals surface area contributed by atoms with Crippen LogP contribution >= 0.6 is 0 Å². The number of benzene rings is 2. The van der Waals surface area contributed by atoms with Crippen LogP contribution in [0.15, 0.2) is 45.6 Å². The second-order valence-corrected chi connectivity index (χ2v) is 5.60. The maximum absolute atomic E-state index is 12.7. The molecule has 0 aliphatic heterocycles. The summed E-state index contributed by atoms with van der Waals surface area (Å²) >= 11 is 0. The molecule has 0 fully saturated rings. The predicted molar refractivity (Wildman–Crippen MR) is 89.9 cm³/mol. The maximum atomic E-state index is 12.7. The highest BCUT2D eigenvalue weighted by atomic mass is 16.5. The largest absolute Gasteiger partial charge is 0.497 e. The highest BCUT2D eigenvalue weighted by Gasteiger charge is 2.09. The molecule has 2 aromatic carbocycles. The second kappa shape index (κ2) is 6.40. The molecule has 0 amide bonds. The molecule has 2 N–H and O–H groups in total. The summed E-state index contributed by atoms with van der Waals surface area (Å²) in [6, 6.07) is 10.7. The van der Waals surface area contributed by atoms with Gasteiger partial charge in [-0.15, -0.1) is 0 Å². The molecule has 1 aromatic heterocycles. The first kappa shape index (κ1) is 15.5. The van der Waals surface area contributed by atoms with E-state index in [1.165, 1.54) is 0 Å². The number of hydrogen-bond acceptors (Lipinski definition) is 5. The molecule has 0 spiro atoms. The quantitative estimate of drug-likeness (QED) is 0.708. The molecule has 0 saturated heterocycles. The first-order valence-corrected chi connectivity index (χ1v) is 7.51. The molecule has 0 saturated carbocycles. The van der Waals surface area contributed by atoms with Crippen LogP contribution < -0.4 is 15.5 Å². The molecule has 1 heterocycles. The van der Waals surface area contributed by atoms with E-state index in [-0.39, 0.29) is 5.43 Å². The van der Waals surface area contributed by atoms with Gasteiger partial charge in [-0.3, -0.25) is 4.79 Å². The third-order valence-corrected chi connectivity index (χ3v) is 3.71.